The summed E-state index contributed by atoms with van der Waals surface area (Å²) >= 11 is 1.16. The molecule has 16 heavy (non-hydrogen) atoms. The summed E-state index contributed by atoms with van der Waals surface area (Å²) in [5.41, 5.74) is 0. The molecule has 1 heterocycles. The SMILES string of the molecule is COCC(O)CN(C)S(=O)(=O)c1cccs1. The highest BCUT2D eigenvalue weighted by Gasteiger charge is 2.23. The third kappa shape index (κ3) is 3.26. The molecule has 0 spiro atoms. The predicted octanol–water partition coefficient (Wildman–Crippen LogP) is 0.376. The molecule has 0 aromatic carbocycles. The van der Waals surface area contributed by atoms with E-state index in [1.807, 2.05) is 0 Å². The molecule has 1 N–H and O–H groups in total. The summed E-state index contributed by atoms with van der Waals surface area (Å²) < 4.78 is 30.0. The van der Waals surface area contributed by atoms with Crippen molar-refractivity contribution in [2.24, 2.45) is 0 Å². The summed E-state index contributed by atoms with van der Waals surface area (Å²) in [7, 11) is -0.579. The van der Waals surface area contributed by atoms with E-state index >= 15 is 0 Å². The molecule has 1 atom stereocenters. The average molecular weight is 265 g/mol. The van der Waals surface area contributed by atoms with E-state index in [4.69, 9.17) is 4.74 Å². The first-order valence-corrected chi connectivity index (χ1v) is 6.97. The zero-order valence-electron chi connectivity index (χ0n) is 9.16. The van der Waals surface area contributed by atoms with Crippen molar-refractivity contribution in [1.82, 2.24) is 4.31 Å². The fourth-order valence-electron chi connectivity index (χ4n) is 1.20. The van der Waals surface area contributed by atoms with Crippen molar-refractivity contribution in [3.63, 3.8) is 0 Å². The standard InChI is InChI=1S/C9H15NO4S2/c1-10(6-8(11)7-14-2)16(12,13)9-4-3-5-15-9/h3-5,8,11H,6-7H2,1-2H3. The third-order valence-corrected chi connectivity index (χ3v) is 5.18. The lowest BCUT2D eigenvalue weighted by molar-refractivity contribution is 0.0554. The van der Waals surface area contributed by atoms with E-state index in [9.17, 15) is 13.5 Å². The number of ether oxygens (including phenoxy) is 1. The van der Waals surface area contributed by atoms with Gasteiger partial charge in [-0.3, -0.25) is 0 Å². The molecule has 0 saturated carbocycles. The molecule has 1 rings (SSSR count). The Bertz CT molecular complexity index is 401. The van der Waals surface area contributed by atoms with Crippen LogP contribution in [0.1, 0.15) is 0 Å². The second-order valence-corrected chi connectivity index (χ2v) is 6.55. The van der Waals surface area contributed by atoms with Crippen LogP contribution in [0.4, 0.5) is 0 Å². The van der Waals surface area contributed by atoms with Crippen LogP contribution in [-0.2, 0) is 14.8 Å². The first kappa shape index (κ1) is 13.6. The Labute approximate surface area is 99.3 Å². The molecule has 5 nitrogen and oxygen atoms in total. The molecule has 7 heteroatoms. The summed E-state index contributed by atoms with van der Waals surface area (Å²) in [5.74, 6) is 0. The number of rotatable bonds is 6. The van der Waals surface area contributed by atoms with E-state index in [-0.39, 0.29) is 17.4 Å². The van der Waals surface area contributed by atoms with Crippen molar-refractivity contribution in [2.75, 3.05) is 27.3 Å². The summed E-state index contributed by atoms with van der Waals surface area (Å²) in [6.45, 7) is 0.137. The summed E-state index contributed by atoms with van der Waals surface area (Å²) in [5, 5.41) is 11.2. The second kappa shape index (κ2) is 5.74. The van der Waals surface area contributed by atoms with Crippen LogP contribution in [0.2, 0.25) is 0 Å². The third-order valence-electron chi connectivity index (χ3n) is 1.99. The molecule has 0 aliphatic heterocycles. The van der Waals surface area contributed by atoms with Gasteiger partial charge >= 0.3 is 0 Å². The highest BCUT2D eigenvalue weighted by Crippen LogP contribution is 2.19. The predicted molar refractivity (Wildman–Crippen MR) is 62.0 cm³/mol. The van der Waals surface area contributed by atoms with E-state index in [1.165, 1.54) is 14.2 Å². The maximum Gasteiger partial charge on any atom is 0.252 e. The van der Waals surface area contributed by atoms with Gasteiger partial charge in [0.2, 0.25) is 0 Å². The van der Waals surface area contributed by atoms with Crippen LogP contribution in [-0.4, -0.2) is 51.2 Å². The van der Waals surface area contributed by atoms with Crippen LogP contribution in [0.15, 0.2) is 21.7 Å². The van der Waals surface area contributed by atoms with Gasteiger partial charge in [0, 0.05) is 20.7 Å². The van der Waals surface area contributed by atoms with Crippen molar-refractivity contribution in [3.05, 3.63) is 17.5 Å². The molecule has 1 aromatic heterocycles. The van der Waals surface area contributed by atoms with Crippen LogP contribution in [0.3, 0.4) is 0 Å². The number of hydrogen-bond donors (Lipinski definition) is 1. The number of nitrogens with zero attached hydrogens (tertiary/aromatic N) is 1. The van der Waals surface area contributed by atoms with Gasteiger partial charge in [0.05, 0.1) is 12.7 Å². The van der Waals surface area contributed by atoms with Crippen LogP contribution in [0, 0.1) is 0 Å². The minimum atomic E-state index is -3.47. The van der Waals surface area contributed by atoms with Crippen molar-refractivity contribution in [1.29, 1.82) is 0 Å². The molecule has 0 aliphatic carbocycles. The van der Waals surface area contributed by atoms with Gasteiger partial charge in [-0.1, -0.05) is 6.07 Å². The van der Waals surface area contributed by atoms with E-state index < -0.39 is 16.1 Å². The molecule has 92 valence electrons. The van der Waals surface area contributed by atoms with Gasteiger partial charge in [0.25, 0.3) is 10.0 Å². The van der Waals surface area contributed by atoms with E-state index in [0.717, 1.165) is 15.6 Å². The van der Waals surface area contributed by atoms with Gasteiger partial charge in [-0.05, 0) is 11.4 Å². The maximum absolute atomic E-state index is 11.9. The molecule has 0 radical (unpaired) electrons. The van der Waals surface area contributed by atoms with Crippen molar-refractivity contribution < 1.29 is 18.3 Å². The van der Waals surface area contributed by atoms with Gasteiger partial charge in [-0.2, -0.15) is 4.31 Å². The van der Waals surface area contributed by atoms with Crippen LogP contribution < -0.4 is 0 Å². The van der Waals surface area contributed by atoms with Crippen molar-refractivity contribution in [2.45, 2.75) is 10.3 Å². The van der Waals surface area contributed by atoms with E-state index in [0.29, 0.717) is 0 Å². The molecule has 0 bridgehead atoms. The van der Waals surface area contributed by atoms with Gasteiger partial charge in [-0.15, -0.1) is 11.3 Å². The Kier molecular flexibility index (Phi) is 4.88. The lowest BCUT2D eigenvalue weighted by Gasteiger charge is -2.19. The quantitative estimate of drug-likeness (QED) is 0.807. The minimum Gasteiger partial charge on any atom is -0.389 e. The molecule has 0 amide bonds. The van der Waals surface area contributed by atoms with Crippen molar-refractivity contribution >= 4 is 21.4 Å². The zero-order valence-corrected chi connectivity index (χ0v) is 10.8. The molecule has 1 unspecified atom stereocenters. The van der Waals surface area contributed by atoms with E-state index in [1.54, 1.807) is 17.5 Å². The Hall–Kier alpha value is -0.470. The Morgan fingerprint density at radius 1 is 1.62 bits per heavy atom. The first-order valence-electron chi connectivity index (χ1n) is 4.65. The summed E-state index contributed by atoms with van der Waals surface area (Å²) in [4.78, 5) is 0. The number of thiophene rings is 1. The Morgan fingerprint density at radius 3 is 2.81 bits per heavy atom. The normalized spacial score (nSPS) is 14.2. The molecule has 0 saturated heterocycles. The number of aliphatic hydroxyl groups is 1. The van der Waals surface area contributed by atoms with Crippen LogP contribution in [0.25, 0.3) is 0 Å². The molecule has 1 aromatic rings. The molecule has 0 aliphatic rings. The van der Waals surface area contributed by atoms with Gasteiger partial charge in [-0.25, -0.2) is 8.42 Å². The molecule has 0 fully saturated rings. The Balaban J connectivity index is 2.70. The first-order chi connectivity index (χ1) is 7.48. The highest BCUT2D eigenvalue weighted by atomic mass is 32.2. The molecular formula is C9H15NO4S2. The van der Waals surface area contributed by atoms with Crippen LogP contribution in [0.5, 0.6) is 0 Å². The fraction of sp³-hybridized carbons (Fsp3) is 0.556. The zero-order chi connectivity index (χ0) is 12.2. The topological polar surface area (TPSA) is 66.8 Å². The average Bonchev–Trinajstić information content (AvgIpc) is 2.70. The van der Waals surface area contributed by atoms with Gasteiger partial charge in [0.15, 0.2) is 0 Å². The largest absolute Gasteiger partial charge is 0.389 e. The number of hydrogen-bond acceptors (Lipinski definition) is 5. The smallest absolute Gasteiger partial charge is 0.252 e. The van der Waals surface area contributed by atoms with E-state index in [2.05, 4.69) is 0 Å². The second-order valence-electron chi connectivity index (χ2n) is 3.33. The molecular weight excluding hydrogens is 250 g/mol. The van der Waals surface area contributed by atoms with Crippen LogP contribution >= 0.6 is 11.3 Å². The number of likely N-dealkylation sites (N-methyl/N-ethyl adjacent to an activating group) is 1. The lowest BCUT2D eigenvalue weighted by atomic mass is 10.4. The highest BCUT2D eigenvalue weighted by molar-refractivity contribution is 7.91. The maximum atomic E-state index is 11.9. The number of aliphatic hydroxyl groups excluding tert-OH is 1. The van der Waals surface area contributed by atoms with Gasteiger partial charge < -0.3 is 9.84 Å². The summed E-state index contributed by atoms with van der Waals surface area (Å²) in [6.07, 6.45) is -0.815. The number of sulfonamides is 1. The fourth-order valence-corrected chi connectivity index (χ4v) is 3.61. The van der Waals surface area contributed by atoms with Crippen molar-refractivity contribution in [3.8, 4) is 0 Å². The monoisotopic (exact) mass is 265 g/mol. The minimum absolute atomic E-state index is 0.0219. The number of methoxy groups -OCH3 is 1. The lowest BCUT2D eigenvalue weighted by Crippen LogP contribution is -2.35. The summed E-state index contributed by atoms with van der Waals surface area (Å²) in [6, 6.07) is 3.22. The Morgan fingerprint density at radius 2 is 2.31 bits per heavy atom. The van der Waals surface area contributed by atoms with Gasteiger partial charge in [0.1, 0.15) is 4.21 Å².